The maximum Gasteiger partial charge on any atom is 0.1000 e. The predicted octanol–water partition coefficient (Wildman–Crippen LogP) is 3.21. The lowest BCUT2D eigenvalue weighted by molar-refractivity contribution is 0.0544. The normalized spacial score (nSPS) is 24.7. The summed E-state index contributed by atoms with van der Waals surface area (Å²) < 4.78 is 0. The summed E-state index contributed by atoms with van der Waals surface area (Å²) in [6.07, 6.45) is 1.13. The van der Waals surface area contributed by atoms with Gasteiger partial charge in [-0.2, -0.15) is 11.3 Å². The van der Waals surface area contributed by atoms with Crippen molar-refractivity contribution >= 4 is 11.3 Å². The van der Waals surface area contributed by atoms with Gasteiger partial charge in [-0.15, -0.1) is 0 Å². The van der Waals surface area contributed by atoms with Gasteiger partial charge in [-0.1, -0.05) is 30.3 Å². The highest BCUT2D eigenvalue weighted by molar-refractivity contribution is 7.08. The Morgan fingerprint density at radius 2 is 2.09 bits per heavy atom. The third kappa shape index (κ3) is 4.21. The van der Waals surface area contributed by atoms with Gasteiger partial charge in [-0.25, -0.2) is 0 Å². The largest absolute Gasteiger partial charge is 0.384 e. The van der Waals surface area contributed by atoms with E-state index in [0.29, 0.717) is 18.6 Å². The Labute approximate surface area is 143 Å². The molecule has 0 bridgehead atoms. The maximum absolute atomic E-state index is 10.6. The molecule has 1 aromatic heterocycles. The van der Waals surface area contributed by atoms with E-state index in [1.165, 1.54) is 5.56 Å². The van der Waals surface area contributed by atoms with Crippen molar-refractivity contribution in [2.75, 3.05) is 13.1 Å². The fourth-order valence-corrected chi connectivity index (χ4v) is 4.08. The van der Waals surface area contributed by atoms with E-state index in [0.717, 1.165) is 25.1 Å². The number of aliphatic hydroxyl groups is 1. The smallest absolute Gasteiger partial charge is 0.1000 e. The zero-order chi connectivity index (χ0) is 16.3. The molecule has 3 rings (SSSR count). The number of hydrogen-bond donors (Lipinski definition) is 2. The van der Waals surface area contributed by atoms with Crippen LogP contribution in [0.15, 0.2) is 47.2 Å². The second-order valence-corrected chi connectivity index (χ2v) is 7.64. The first-order chi connectivity index (χ1) is 11.0. The molecule has 1 aliphatic rings. The summed E-state index contributed by atoms with van der Waals surface area (Å²) in [5, 5.41) is 18.2. The molecular weight excluding hydrogens is 304 g/mol. The van der Waals surface area contributed by atoms with Crippen LogP contribution in [0.1, 0.15) is 31.4 Å². The summed E-state index contributed by atoms with van der Waals surface area (Å²) in [5.41, 5.74) is 1.57. The van der Waals surface area contributed by atoms with Gasteiger partial charge in [0.15, 0.2) is 0 Å². The molecule has 124 valence electrons. The van der Waals surface area contributed by atoms with Crippen LogP contribution in [0, 0.1) is 0 Å². The van der Waals surface area contributed by atoms with Gasteiger partial charge in [0, 0.05) is 31.7 Å². The molecule has 1 saturated heterocycles. The lowest BCUT2D eigenvalue weighted by Crippen LogP contribution is -2.41. The van der Waals surface area contributed by atoms with Crippen LogP contribution in [0.25, 0.3) is 0 Å². The summed E-state index contributed by atoms with van der Waals surface area (Å²) >= 11 is 1.63. The third-order valence-corrected chi connectivity index (χ3v) is 5.49. The van der Waals surface area contributed by atoms with E-state index in [4.69, 9.17) is 0 Å². The van der Waals surface area contributed by atoms with Crippen molar-refractivity contribution in [3.63, 3.8) is 0 Å². The quantitative estimate of drug-likeness (QED) is 0.854. The molecule has 0 saturated carbocycles. The summed E-state index contributed by atoms with van der Waals surface area (Å²) in [6.45, 7) is 6.82. The molecule has 2 heterocycles. The minimum absolute atomic E-state index is 0.443. The Morgan fingerprint density at radius 1 is 1.30 bits per heavy atom. The number of rotatable bonds is 6. The van der Waals surface area contributed by atoms with Crippen LogP contribution in [0.3, 0.4) is 0 Å². The zero-order valence-electron chi connectivity index (χ0n) is 13.9. The highest BCUT2D eigenvalue weighted by Gasteiger charge is 2.31. The highest BCUT2D eigenvalue weighted by Crippen LogP contribution is 2.24. The van der Waals surface area contributed by atoms with E-state index in [2.05, 4.69) is 47.5 Å². The summed E-state index contributed by atoms with van der Waals surface area (Å²) in [4.78, 5) is 2.52. The molecular formula is C19H26N2OS. The van der Waals surface area contributed by atoms with Crippen molar-refractivity contribution in [2.45, 2.75) is 44.5 Å². The number of nitrogens with zero attached hydrogens (tertiary/aromatic N) is 1. The van der Waals surface area contributed by atoms with Crippen molar-refractivity contribution in [3.8, 4) is 0 Å². The molecule has 4 heteroatoms. The van der Waals surface area contributed by atoms with Crippen LogP contribution in [0.4, 0.5) is 0 Å². The Hall–Kier alpha value is -1.20. The van der Waals surface area contributed by atoms with Crippen molar-refractivity contribution < 1.29 is 5.11 Å². The second kappa shape index (κ2) is 7.14. The molecule has 3 atom stereocenters. The van der Waals surface area contributed by atoms with Gasteiger partial charge in [0.25, 0.3) is 0 Å². The Balaban J connectivity index is 1.53. The molecule has 1 aromatic carbocycles. The van der Waals surface area contributed by atoms with Gasteiger partial charge < -0.3 is 10.4 Å². The minimum Gasteiger partial charge on any atom is -0.384 e. The fraction of sp³-hybridized carbons (Fsp3) is 0.474. The molecule has 0 aliphatic carbocycles. The second-order valence-electron chi connectivity index (χ2n) is 6.86. The number of nitrogens with one attached hydrogen (secondary N) is 1. The van der Waals surface area contributed by atoms with Gasteiger partial charge in [0.2, 0.25) is 0 Å². The first-order valence-corrected chi connectivity index (χ1v) is 9.25. The Kier molecular flexibility index (Phi) is 5.17. The molecule has 0 amide bonds. The maximum atomic E-state index is 10.6. The molecule has 1 aliphatic heterocycles. The molecule has 3 nitrogen and oxygen atoms in total. The minimum atomic E-state index is -0.796. The zero-order valence-corrected chi connectivity index (χ0v) is 14.7. The lowest BCUT2D eigenvalue weighted by atomic mass is 9.99. The summed E-state index contributed by atoms with van der Waals surface area (Å²) in [5.74, 6) is 0. The van der Waals surface area contributed by atoms with E-state index in [-0.39, 0.29) is 0 Å². The van der Waals surface area contributed by atoms with Crippen LogP contribution < -0.4 is 5.32 Å². The monoisotopic (exact) mass is 330 g/mol. The summed E-state index contributed by atoms with van der Waals surface area (Å²) in [6, 6.07) is 13.7. The molecule has 23 heavy (non-hydrogen) atoms. The average Bonchev–Trinajstić information content (AvgIpc) is 3.18. The lowest BCUT2D eigenvalue weighted by Gasteiger charge is -2.25. The fourth-order valence-electron chi connectivity index (χ4n) is 3.30. The first-order valence-electron chi connectivity index (χ1n) is 8.31. The van der Waals surface area contributed by atoms with Crippen molar-refractivity contribution in [3.05, 3.63) is 58.3 Å². The Bertz CT molecular complexity index is 597. The SMILES string of the molecule is CC1CC(NCC(C)(O)c2ccsc2)CN1Cc1ccccc1. The topological polar surface area (TPSA) is 35.5 Å². The highest BCUT2D eigenvalue weighted by atomic mass is 32.1. The van der Waals surface area contributed by atoms with E-state index in [9.17, 15) is 5.11 Å². The van der Waals surface area contributed by atoms with Crippen molar-refractivity contribution in [2.24, 2.45) is 0 Å². The van der Waals surface area contributed by atoms with Gasteiger partial charge >= 0.3 is 0 Å². The first kappa shape index (κ1) is 16.7. The number of thiophene rings is 1. The van der Waals surface area contributed by atoms with E-state index >= 15 is 0 Å². The van der Waals surface area contributed by atoms with Crippen LogP contribution in [0.2, 0.25) is 0 Å². The molecule has 0 spiro atoms. The predicted molar refractivity (Wildman–Crippen MR) is 96.6 cm³/mol. The van der Waals surface area contributed by atoms with E-state index < -0.39 is 5.60 Å². The molecule has 0 radical (unpaired) electrons. The van der Waals surface area contributed by atoms with Crippen molar-refractivity contribution in [1.82, 2.24) is 10.2 Å². The number of likely N-dealkylation sites (tertiary alicyclic amines) is 1. The van der Waals surface area contributed by atoms with Crippen molar-refractivity contribution in [1.29, 1.82) is 0 Å². The van der Waals surface area contributed by atoms with Gasteiger partial charge in [0.05, 0.1) is 5.60 Å². The van der Waals surface area contributed by atoms with Crippen LogP contribution in [-0.2, 0) is 12.1 Å². The van der Waals surface area contributed by atoms with Gasteiger partial charge in [-0.3, -0.25) is 4.90 Å². The molecule has 2 aromatic rings. The van der Waals surface area contributed by atoms with Crippen LogP contribution in [0.5, 0.6) is 0 Å². The van der Waals surface area contributed by atoms with Gasteiger partial charge in [0.1, 0.15) is 0 Å². The van der Waals surface area contributed by atoms with Gasteiger partial charge in [-0.05, 0) is 48.2 Å². The van der Waals surface area contributed by atoms with Crippen LogP contribution in [-0.4, -0.2) is 35.2 Å². The van der Waals surface area contributed by atoms with Crippen LogP contribution >= 0.6 is 11.3 Å². The number of hydrogen-bond acceptors (Lipinski definition) is 4. The number of benzene rings is 1. The van der Waals surface area contributed by atoms with E-state index in [1.807, 2.05) is 23.8 Å². The molecule has 1 fully saturated rings. The molecule has 2 N–H and O–H groups in total. The third-order valence-electron chi connectivity index (χ3n) is 4.81. The van der Waals surface area contributed by atoms with E-state index in [1.54, 1.807) is 11.3 Å². The summed E-state index contributed by atoms with van der Waals surface area (Å²) in [7, 11) is 0. The molecule has 3 unspecified atom stereocenters. The Morgan fingerprint density at radius 3 is 2.78 bits per heavy atom. The standard InChI is InChI=1S/C19H26N2OS/c1-15-10-18(12-21(15)11-16-6-4-3-5-7-16)20-14-19(2,22)17-8-9-23-13-17/h3-9,13,15,18,20,22H,10-12,14H2,1-2H3. The average molecular weight is 330 g/mol.